The number of aryl methyl sites for hydroxylation is 1. The fourth-order valence-electron chi connectivity index (χ4n) is 2.29. The van der Waals surface area contributed by atoms with Gasteiger partial charge in [0.25, 0.3) is 0 Å². The van der Waals surface area contributed by atoms with Crippen LogP contribution in [-0.2, 0) is 11.2 Å². The van der Waals surface area contributed by atoms with E-state index < -0.39 is 0 Å². The molecule has 2 aromatic carbocycles. The Morgan fingerprint density at radius 3 is 2.61 bits per heavy atom. The van der Waals surface area contributed by atoms with Gasteiger partial charge in [0.05, 0.1) is 13.0 Å². The number of benzene rings is 2. The molecule has 0 spiro atoms. The molecule has 1 heterocycles. The number of rotatable bonds is 5. The highest BCUT2D eigenvalue weighted by molar-refractivity contribution is 5.78. The first-order chi connectivity index (χ1) is 11.1. The Labute approximate surface area is 133 Å². The van der Waals surface area contributed by atoms with Crippen molar-refractivity contribution < 1.29 is 18.7 Å². The van der Waals surface area contributed by atoms with E-state index in [0.717, 1.165) is 11.3 Å². The van der Waals surface area contributed by atoms with Crippen molar-refractivity contribution >= 4 is 17.1 Å². The SMILES string of the molecule is CCOc1ccc(CC(=O)Oc2ccc3oc(C)nc3c2)cc1. The largest absolute Gasteiger partial charge is 0.494 e. The van der Waals surface area contributed by atoms with Crippen molar-refractivity contribution in [2.75, 3.05) is 6.61 Å². The first kappa shape index (κ1) is 15.1. The minimum atomic E-state index is -0.325. The summed E-state index contributed by atoms with van der Waals surface area (Å²) in [6.45, 7) is 4.32. The number of hydrogen-bond acceptors (Lipinski definition) is 5. The molecule has 0 N–H and O–H groups in total. The predicted molar refractivity (Wildman–Crippen MR) is 85.7 cm³/mol. The highest BCUT2D eigenvalue weighted by atomic mass is 16.5. The lowest BCUT2D eigenvalue weighted by Crippen LogP contribution is -2.11. The summed E-state index contributed by atoms with van der Waals surface area (Å²) in [5.41, 5.74) is 2.22. The molecule has 118 valence electrons. The Morgan fingerprint density at radius 1 is 1.13 bits per heavy atom. The summed E-state index contributed by atoms with van der Waals surface area (Å²) >= 11 is 0. The predicted octanol–water partition coefficient (Wildman–Crippen LogP) is 3.68. The molecule has 0 aliphatic carbocycles. The molecule has 0 bridgehead atoms. The maximum Gasteiger partial charge on any atom is 0.315 e. The maximum atomic E-state index is 12.0. The van der Waals surface area contributed by atoms with Gasteiger partial charge in [-0.05, 0) is 36.8 Å². The standard InChI is InChI=1S/C18H17NO4/c1-3-21-14-6-4-13(5-7-14)10-18(20)23-15-8-9-17-16(11-15)19-12(2)22-17/h4-9,11H,3,10H2,1-2H3. The van der Waals surface area contributed by atoms with Crippen molar-refractivity contribution in [3.8, 4) is 11.5 Å². The van der Waals surface area contributed by atoms with Crippen LogP contribution in [0.25, 0.3) is 11.1 Å². The molecule has 23 heavy (non-hydrogen) atoms. The number of aromatic nitrogens is 1. The smallest absolute Gasteiger partial charge is 0.315 e. The van der Waals surface area contributed by atoms with Crippen molar-refractivity contribution in [3.63, 3.8) is 0 Å². The summed E-state index contributed by atoms with van der Waals surface area (Å²) in [6, 6.07) is 12.5. The second kappa shape index (κ2) is 6.52. The average molecular weight is 311 g/mol. The van der Waals surface area contributed by atoms with Crippen LogP contribution in [0.4, 0.5) is 0 Å². The number of esters is 1. The van der Waals surface area contributed by atoms with Gasteiger partial charge in [-0.25, -0.2) is 4.98 Å². The monoisotopic (exact) mass is 311 g/mol. The Morgan fingerprint density at radius 2 is 1.87 bits per heavy atom. The van der Waals surface area contributed by atoms with Gasteiger partial charge in [-0.1, -0.05) is 12.1 Å². The van der Waals surface area contributed by atoms with Crippen LogP contribution in [0.5, 0.6) is 11.5 Å². The lowest BCUT2D eigenvalue weighted by Gasteiger charge is -2.06. The van der Waals surface area contributed by atoms with Crippen LogP contribution < -0.4 is 9.47 Å². The van der Waals surface area contributed by atoms with Crippen LogP contribution in [0.1, 0.15) is 18.4 Å². The highest BCUT2D eigenvalue weighted by Gasteiger charge is 2.09. The second-order valence-corrected chi connectivity index (χ2v) is 5.09. The van der Waals surface area contributed by atoms with Crippen molar-refractivity contribution in [1.29, 1.82) is 0 Å². The zero-order chi connectivity index (χ0) is 16.2. The van der Waals surface area contributed by atoms with Crippen molar-refractivity contribution in [2.24, 2.45) is 0 Å². The minimum Gasteiger partial charge on any atom is -0.494 e. The van der Waals surface area contributed by atoms with Crippen LogP contribution in [0.3, 0.4) is 0 Å². The van der Waals surface area contributed by atoms with Gasteiger partial charge in [-0.15, -0.1) is 0 Å². The molecule has 3 rings (SSSR count). The molecule has 0 aliphatic heterocycles. The molecule has 0 saturated heterocycles. The molecular formula is C18H17NO4. The Bertz CT molecular complexity index is 821. The summed E-state index contributed by atoms with van der Waals surface area (Å²) in [6.07, 6.45) is 0.197. The molecule has 0 aliphatic rings. The number of oxazole rings is 1. The van der Waals surface area contributed by atoms with Gasteiger partial charge in [-0.3, -0.25) is 4.79 Å². The molecule has 5 nitrogen and oxygen atoms in total. The Kier molecular flexibility index (Phi) is 4.28. The number of carbonyl (C=O) groups excluding carboxylic acids is 1. The van der Waals surface area contributed by atoms with Crippen LogP contribution in [0, 0.1) is 6.92 Å². The van der Waals surface area contributed by atoms with Crippen molar-refractivity contribution in [1.82, 2.24) is 4.98 Å². The summed E-state index contributed by atoms with van der Waals surface area (Å²) in [5.74, 6) is 1.50. The third-order valence-corrected chi connectivity index (χ3v) is 3.28. The number of carbonyl (C=O) groups is 1. The quantitative estimate of drug-likeness (QED) is 0.531. The van der Waals surface area contributed by atoms with Gasteiger partial charge < -0.3 is 13.9 Å². The van der Waals surface area contributed by atoms with Crippen molar-refractivity contribution in [3.05, 3.63) is 53.9 Å². The fraction of sp³-hybridized carbons (Fsp3) is 0.222. The molecule has 5 heteroatoms. The third kappa shape index (κ3) is 3.69. The molecule has 0 saturated carbocycles. The van der Waals surface area contributed by atoms with Crippen molar-refractivity contribution in [2.45, 2.75) is 20.3 Å². The zero-order valence-corrected chi connectivity index (χ0v) is 13.0. The third-order valence-electron chi connectivity index (χ3n) is 3.28. The van der Waals surface area contributed by atoms with E-state index in [4.69, 9.17) is 13.9 Å². The fourth-order valence-corrected chi connectivity index (χ4v) is 2.29. The van der Waals surface area contributed by atoms with E-state index in [-0.39, 0.29) is 12.4 Å². The average Bonchev–Trinajstić information content (AvgIpc) is 2.89. The van der Waals surface area contributed by atoms with Gasteiger partial charge in [0.15, 0.2) is 11.5 Å². The zero-order valence-electron chi connectivity index (χ0n) is 13.0. The van der Waals surface area contributed by atoms with Gasteiger partial charge in [0, 0.05) is 13.0 Å². The molecule has 0 atom stereocenters. The van der Waals surface area contributed by atoms with E-state index in [1.807, 2.05) is 31.2 Å². The summed E-state index contributed by atoms with van der Waals surface area (Å²) in [7, 11) is 0. The van der Waals surface area contributed by atoms with E-state index >= 15 is 0 Å². The topological polar surface area (TPSA) is 61.6 Å². The number of fused-ring (bicyclic) bond motifs is 1. The van der Waals surface area contributed by atoms with Gasteiger partial charge in [-0.2, -0.15) is 0 Å². The maximum absolute atomic E-state index is 12.0. The lowest BCUT2D eigenvalue weighted by molar-refractivity contribution is -0.133. The lowest BCUT2D eigenvalue weighted by atomic mass is 10.1. The van der Waals surface area contributed by atoms with E-state index in [1.165, 1.54) is 0 Å². The number of ether oxygens (including phenoxy) is 2. The minimum absolute atomic E-state index is 0.197. The second-order valence-electron chi connectivity index (χ2n) is 5.09. The normalized spacial score (nSPS) is 10.7. The Hall–Kier alpha value is -2.82. The van der Waals surface area contributed by atoms with Gasteiger partial charge >= 0.3 is 5.97 Å². The summed E-state index contributed by atoms with van der Waals surface area (Å²) in [5, 5.41) is 0. The molecule has 0 amide bonds. The van der Waals surface area contributed by atoms with Crippen LogP contribution in [-0.4, -0.2) is 17.6 Å². The molecule has 0 fully saturated rings. The Balaban J connectivity index is 1.65. The van der Waals surface area contributed by atoms with E-state index in [9.17, 15) is 4.79 Å². The number of nitrogens with zero attached hydrogens (tertiary/aromatic N) is 1. The summed E-state index contributed by atoms with van der Waals surface area (Å²) < 4.78 is 16.1. The first-order valence-corrected chi connectivity index (χ1v) is 7.43. The molecular weight excluding hydrogens is 294 g/mol. The molecule has 3 aromatic rings. The van der Waals surface area contributed by atoms with Crippen LogP contribution in [0.2, 0.25) is 0 Å². The van der Waals surface area contributed by atoms with E-state index in [2.05, 4.69) is 4.98 Å². The number of hydrogen-bond donors (Lipinski definition) is 0. The van der Waals surface area contributed by atoms with Crippen LogP contribution >= 0.6 is 0 Å². The first-order valence-electron chi connectivity index (χ1n) is 7.43. The molecule has 0 unspecified atom stereocenters. The van der Waals surface area contributed by atoms with E-state index in [1.54, 1.807) is 25.1 Å². The highest BCUT2D eigenvalue weighted by Crippen LogP contribution is 2.21. The molecule has 1 aromatic heterocycles. The van der Waals surface area contributed by atoms with Gasteiger partial charge in [0.1, 0.15) is 17.0 Å². The summed E-state index contributed by atoms with van der Waals surface area (Å²) in [4.78, 5) is 16.3. The van der Waals surface area contributed by atoms with E-state index in [0.29, 0.717) is 29.3 Å². The van der Waals surface area contributed by atoms with Gasteiger partial charge in [0.2, 0.25) is 0 Å². The van der Waals surface area contributed by atoms with Crippen LogP contribution in [0.15, 0.2) is 46.9 Å². The molecule has 0 radical (unpaired) electrons.